The molecule has 0 N–H and O–H groups in total. The first-order valence-corrected chi connectivity index (χ1v) is 10.9. The van der Waals surface area contributed by atoms with Crippen LogP contribution in [0, 0.1) is 0 Å². The average molecular weight is 410 g/mol. The average Bonchev–Trinajstić information content (AvgIpc) is 3.60. The second-order valence-corrected chi connectivity index (χ2v) is 9.00. The zero-order chi connectivity index (χ0) is 20.3. The molecule has 2 aromatic carbocycles. The van der Waals surface area contributed by atoms with Gasteiger partial charge in [0.1, 0.15) is 5.75 Å². The maximum absolute atomic E-state index is 13.0. The van der Waals surface area contributed by atoms with Gasteiger partial charge in [0.2, 0.25) is 10.0 Å². The Bertz CT molecular complexity index is 1070. The molecule has 0 atom stereocenters. The van der Waals surface area contributed by atoms with Crippen molar-refractivity contribution >= 4 is 15.7 Å². The third-order valence-electron chi connectivity index (χ3n) is 4.72. The fourth-order valence-corrected chi connectivity index (χ4v) is 4.88. The normalized spacial score (nSPS) is 13.7. The van der Waals surface area contributed by atoms with Crippen LogP contribution >= 0.6 is 0 Å². The highest BCUT2D eigenvalue weighted by Crippen LogP contribution is 2.36. The number of methoxy groups -OCH3 is 1. The second-order valence-electron chi connectivity index (χ2n) is 6.86. The first kappa shape index (κ1) is 19.3. The van der Waals surface area contributed by atoms with Gasteiger partial charge in [0, 0.05) is 12.4 Å². The van der Waals surface area contributed by atoms with Crippen molar-refractivity contribution in [2.24, 2.45) is 0 Å². The summed E-state index contributed by atoms with van der Waals surface area (Å²) in [6, 6.07) is 18.1. The SMILES string of the molecule is COc1ccccc1Oc1ccc(N(Cc2cccnc2)S(=O)(=O)C2CC2)cc1. The van der Waals surface area contributed by atoms with E-state index >= 15 is 0 Å². The Hall–Kier alpha value is -3.06. The molecule has 1 heterocycles. The van der Waals surface area contributed by atoms with Crippen molar-refractivity contribution in [3.63, 3.8) is 0 Å². The summed E-state index contributed by atoms with van der Waals surface area (Å²) in [5.41, 5.74) is 1.44. The fourth-order valence-electron chi connectivity index (χ4n) is 3.04. The Labute approximate surface area is 170 Å². The monoisotopic (exact) mass is 410 g/mol. The first-order valence-electron chi connectivity index (χ1n) is 9.39. The standard InChI is InChI=1S/C22H22N2O4S/c1-27-21-6-2-3-7-22(21)28-19-10-8-18(9-11-19)24(29(25,26)20-12-13-20)16-17-5-4-14-23-15-17/h2-11,14-15,20H,12-13,16H2,1H3. The zero-order valence-corrected chi connectivity index (χ0v) is 16.9. The predicted molar refractivity (Wildman–Crippen MR) is 112 cm³/mol. The van der Waals surface area contributed by atoms with E-state index in [1.165, 1.54) is 4.31 Å². The van der Waals surface area contributed by atoms with Gasteiger partial charge in [0.25, 0.3) is 0 Å². The van der Waals surface area contributed by atoms with Crippen molar-refractivity contribution in [1.29, 1.82) is 0 Å². The number of ether oxygens (including phenoxy) is 2. The van der Waals surface area contributed by atoms with Crippen LogP contribution in [0.5, 0.6) is 17.2 Å². The number of anilines is 1. The van der Waals surface area contributed by atoms with Crippen LogP contribution in [-0.2, 0) is 16.6 Å². The molecule has 7 heteroatoms. The Kier molecular flexibility index (Phi) is 5.40. The lowest BCUT2D eigenvalue weighted by molar-refractivity contribution is 0.379. The minimum Gasteiger partial charge on any atom is -0.493 e. The molecular weight excluding hydrogens is 388 g/mol. The Morgan fingerprint density at radius 2 is 1.72 bits per heavy atom. The first-order chi connectivity index (χ1) is 14.1. The molecule has 1 aliphatic rings. The largest absolute Gasteiger partial charge is 0.493 e. The molecule has 0 aliphatic heterocycles. The Balaban J connectivity index is 1.60. The highest BCUT2D eigenvalue weighted by Gasteiger charge is 2.40. The topological polar surface area (TPSA) is 68.7 Å². The van der Waals surface area contributed by atoms with Crippen molar-refractivity contribution in [2.75, 3.05) is 11.4 Å². The third-order valence-corrected chi connectivity index (χ3v) is 6.99. The van der Waals surface area contributed by atoms with E-state index in [-0.39, 0.29) is 11.8 Å². The maximum atomic E-state index is 13.0. The molecule has 150 valence electrons. The lowest BCUT2D eigenvalue weighted by Gasteiger charge is -2.24. The summed E-state index contributed by atoms with van der Waals surface area (Å²) in [6.45, 7) is 0.249. The van der Waals surface area contributed by atoms with Gasteiger partial charge in [-0.1, -0.05) is 18.2 Å². The van der Waals surface area contributed by atoms with Crippen molar-refractivity contribution in [3.8, 4) is 17.2 Å². The van der Waals surface area contributed by atoms with E-state index in [9.17, 15) is 8.42 Å². The number of aromatic nitrogens is 1. The van der Waals surface area contributed by atoms with Crippen molar-refractivity contribution in [1.82, 2.24) is 4.98 Å². The lowest BCUT2D eigenvalue weighted by Crippen LogP contribution is -2.33. The lowest BCUT2D eigenvalue weighted by atomic mass is 10.2. The zero-order valence-electron chi connectivity index (χ0n) is 16.1. The van der Waals surface area contributed by atoms with Gasteiger partial charge in [0.15, 0.2) is 11.5 Å². The molecule has 0 amide bonds. The highest BCUT2D eigenvalue weighted by atomic mass is 32.2. The van der Waals surface area contributed by atoms with Crippen LogP contribution in [0.2, 0.25) is 0 Å². The van der Waals surface area contributed by atoms with E-state index < -0.39 is 10.0 Å². The summed E-state index contributed by atoms with van der Waals surface area (Å²) in [7, 11) is -1.83. The van der Waals surface area contributed by atoms with Gasteiger partial charge in [-0.25, -0.2) is 8.42 Å². The molecule has 1 aliphatic carbocycles. The van der Waals surface area contributed by atoms with E-state index in [0.717, 1.165) is 5.56 Å². The molecule has 0 bridgehead atoms. The van der Waals surface area contributed by atoms with E-state index in [4.69, 9.17) is 9.47 Å². The van der Waals surface area contributed by atoms with Crippen LogP contribution in [0.4, 0.5) is 5.69 Å². The van der Waals surface area contributed by atoms with Gasteiger partial charge in [-0.05, 0) is 60.9 Å². The van der Waals surface area contributed by atoms with Gasteiger partial charge in [0.05, 0.1) is 24.6 Å². The van der Waals surface area contributed by atoms with Gasteiger partial charge in [-0.2, -0.15) is 0 Å². The number of para-hydroxylation sites is 2. The molecule has 0 saturated heterocycles. The van der Waals surface area contributed by atoms with Crippen molar-refractivity contribution < 1.29 is 17.9 Å². The van der Waals surface area contributed by atoms with Crippen LogP contribution in [0.25, 0.3) is 0 Å². The second kappa shape index (κ2) is 8.13. The molecule has 0 unspecified atom stereocenters. The van der Waals surface area contributed by atoms with Crippen molar-refractivity contribution in [3.05, 3.63) is 78.6 Å². The fraction of sp³-hybridized carbons (Fsp3) is 0.227. The van der Waals surface area contributed by atoms with E-state index in [1.807, 2.05) is 30.3 Å². The quantitative estimate of drug-likeness (QED) is 0.551. The van der Waals surface area contributed by atoms with Crippen LogP contribution < -0.4 is 13.8 Å². The van der Waals surface area contributed by atoms with Crippen LogP contribution in [0.15, 0.2) is 73.1 Å². The summed E-state index contributed by atoms with van der Waals surface area (Å²) in [4.78, 5) is 4.10. The van der Waals surface area contributed by atoms with E-state index in [2.05, 4.69) is 4.98 Å². The number of hydrogen-bond donors (Lipinski definition) is 0. The molecule has 29 heavy (non-hydrogen) atoms. The minimum atomic E-state index is -3.42. The molecule has 1 aromatic heterocycles. The van der Waals surface area contributed by atoms with E-state index in [1.54, 1.807) is 49.8 Å². The van der Waals surface area contributed by atoms with Crippen LogP contribution in [0.3, 0.4) is 0 Å². The number of hydrogen-bond acceptors (Lipinski definition) is 5. The number of nitrogens with zero attached hydrogens (tertiary/aromatic N) is 2. The molecule has 3 aromatic rings. The predicted octanol–water partition coefficient (Wildman–Crippen LogP) is 4.38. The number of rotatable bonds is 8. The summed E-state index contributed by atoms with van der Waals surface area (Å²) in [5.74, 6) is 1.83. The smallest absolute Gasteiger partial charge is 0.238 e. The minimum absolute atomic E-state index is 0.249. The molecule has 4 rings (SSSR count). The van der Waals surface area contributed by atoms with Crippen LogP contribution in [-0.4, -0.2) is 25.8 Å². The molecule has 0 spiro atoms. The maximum Gasteiger partial charge on any atom is 0.238 e. The van der Waals surface area contributed by atoms with Gasteiger partial charge < -0.3 is 9.47 Å². The van der Waals surface area contributed by atoms with Gasteiger partial charge in [-0.15, -0.1) is 0 Å². The molecule has 1 fully saturated rings. The van der Waals surface area contributed by atoms with E-state index in [0.29, 0.717) is 35.8 Å². The molecule has 0 radical (unpaired) electrons. The summed E-state index contributed by atoms with van der Waals surface area (Å²) < 4.78 is 38.7. The third kappa shape index (κ3) is 4.35. The molecule has 6 nitrogen and oxygen atoms in total. The Morgan fingerprint density at radius 3 is 2.34 bits per heavy atom. The number of benzene rings is 2. The summed E-state index contributed by atoms with van der Waals surface area (Å²) >= 11 is 0. The Morgan fingerprint density at radius 1 is 1.00 bits per heavy atom. The molecule has 1 saturated carbocycles. The summed E-state index contributed by atoms with van der Waals surface area (Å²) in [5, 5.41) is -0.302. The highest BCUT2D eigenvalue weighted by molar-refractivity contribution is 7.93. The molecular formula is C22H22N2O4S. The number of pyridine rings is 1. The summed E-state index contributed by atoms with van der Waals surface area (Å²) in [6.07, 6.45) is 4.78. The number of sulfonamides is 1. The van der Waals surface area contributed by atoms with Crippen molar-refractivity contribution in [2.45, 2.75) is 24.6 Å². The van der Waals surface area contributed by atoms with Gasteiger partial charge in [-0.3, -0.25) is 9.29 Å². The van der Waals surface area contributed by atoms with Crippen LogP contribution in [0.1, 0.15) is 18.4 Å². The van der Waals surface area contributed by atoms with Gasteiger partial charge >= 0.3 is 0 Å².